The summed E-state index contributed by atoms with van der Waals surface area (Å²) in [5.41, 5.74) is 2.63. The second-order valence-corrected chi connectivity index (χ2v) is 5.46. The molecule has 17 heavy (non-hydrogen) atoms. The standard InChI is InChI=1S/C13H23N3O/c1-13(2,17-4)9-14-11-6-5-7-12-10(11)8-15-16(12)3/h8,11,14H,5-7,9H2,1-4H3. The molecule has 1 aliphatic rings. The van der Waals surface area contributed by atoms with Gasteiger partial charge in [-0.15, -0.1) is 0 Å². The van der Waals surface area contributed by atoms with Crippen molar-refractivity contribution in [2.75, 3.05) is 13.7 Å². The van der Waals surface area contributed by atoms with Gasteiger partial charge in [0.2, 0.25) is 0 Å². The van der Waals surface area contributed by atoms with E-state index in [-0.39, 0.29) is 5.60 Å². The Labute approximate surface area is 103 Å². The van der Waals surface area contributed by atoms with Crippen molar-refractivity contribution in [2.24, 2.45) is 7.05 Å². The Morgan fingerprint density at radius 3 is 3.06 bits per heavy atom. The summed E-state index contributed by atoms with van der Waals surface area (Å²) in [6.07, 6.45) is 5.58. The first kappa shape index (κ1) is 12.6. The summed E-state index contributed by atoms with van der Waals surface area (Å²) in [6.45, 7) is 5.07. The number of nitrogens with one attached hydrogen (secondary N) is 1. The number of methoxy groups -OCH3 is 1. The molecule has 0 bridgehead atoms. The van der Waals surface area contributed by atoms with Gasteiger partial charge in [0.1, 0.15) is 0 Å². The predicted molar refractivity (Wildman–Crippen MR) is 68.0 cm³/mol. The largest absolute Gasteiger partial charge is 0.377 e. The summed E-state index contributed by atoms with van der Waals surface area (Å²) in [6, 6.07) is 0.432. The SMILES string of the molecule is COC(C)(C)CNC1CCCc2c1cnn2C. The lowest BCUT2D eigenvalue weighted by Gasteiger charge is -2.29. The molecule has 1 aromatic heterocycles. The van der Waals surface area contributed by atoms with E-state index in [1.807, 2.05) is 17.9 Å². The van der Waals surface area contributed by atoms with Crippen molar-refractivity contribution in [3.8, 4) is 0 Å². The molecule has 96 valence electrons. The van der Waals surface area contributed by atoms with Gasteiger partial charge in [0.05, 0.1) is 11.8 Å². The van der Waals surface area contributed by atoms with E-state index in [2.05, 4.69) is 24.3 Å². The van der Waals surface area contributed by atoms with E-state index >= 15 is 0 Å². The minimum absolute atomic E-state index is 0.111. The zero-order chi connectivity index (χ0) is 12.5. The molecule has 0 saturated carbocycles. The molecule has 0 spiro atoms. The van der Waals surface area contributed by atoms with Gasteiger partial charge >= 0.3 is 0 Å². The molecule has 1 heterocycles. The molecule has 1 atom stereocenters. The van der Waals surface area contributed by atoms with Crippen molar-refractivity contribution < 1.29 is 4.74 Å². The number of hydrogen-bond acceptors (Lipinski definition) is 3. The molecule has 1 N–H and O–H groups in total. The van der Waals surface area contributed by atoms with Crippen LogP contribution in [0.15, 0.2) is 6.20 Å². The predicted octanol–water partition coefficient (Wildman–Crippen LogP) is 1.81. The normalized spacial score (nSPS) is 20.4. The maximum absolute atomic E-state index is 5.44. The van der Waals surface area contributed by atoms with Crippen LogP contribution in [0.1, 0.15) is 44.0 Å². The molecule has 0 aromatic carbocycles. The average molecular weight is 237 g/mol. The molecule has 4 nitrogen and oxygen atoms in total. The molecular weight excluding hydrogens is 214 g/mol. The highest BCUT2D eigenvalue weighted by Crippen LogP contribution is 2.29. The van der Waals surface area contributed by atoms with Gasteiger partial charge in [0.25, 0.3) is 0 Å². The smallest absolute Gasteiger partial charge is 0.0746 e. The van der Waals surface area contributed by atoms with Crippen LogP contribution >= 0.6 is 0 Å². The van der Waals surface area contributed by atoms with E-state index in [9.17, 15) is 0 Å². The lowest BCUT2D eigenvalue weighted by Crippen LogP contribution is -2.39. The van der Waals surface area contributed by atoms with Gasteiger partial charge in [-0.25, -0.2) is 0 Å². The van der Waals surface area contributed by atoms with E-state index in [1.54, 1.807) is 7.11 Å². The molecule has 1 aliphatic carbocycles. The quantitative estimate of drug-likeness (QED) is 0.868. The number of aryl methyl sites for hydroxylation is 1. The van der Waals surface area contributed by atoms with E-state index in [1.165, 1.54) is 24.1 Å². The summed E-state index contributed by atoms with van der Waals surface area (Å²) in [5, 5.41) is 7.96. The third-order valence-electron chi connectivity index (χ3n) is 3.70. The molecule has 0 radical (unpaired) electrons. The van der Waals surface area contributed by atoms with Crippen molar-refractivity contribution in [3.05, 3.63) is 17.5 Å². The van der Waals surface area contributed by atoms with Crippen molar-refractivity contribution in [1.29, 1.82) is 0 Å². The van der Waals surface area contributed by atoms with Gasteiger partial charge in [-0.2, -0.15) is 5.10 Å². The van der Waals surface area contributed by atoms with Crippen molar-refractivity contribution >= 4 is 0 Å². The Morgan fingerprint density at radius 1 is 1.59 bits per heavy atom. The van der Waals surface area contributed by atoms with Gasteiger partial charge in [0.15, 0.2) is 0 Å². The van der Waals surface area contributed by atoms with Crippen LogP contribution in [0.3, 0.4) is 0 Å². The first-order valence-corrected chi connectivity index (χ1v) is 6.33. The molecule has 0 amide bonds. The fourth-order valence-corrected chi connectivity index (χ4v) is 2.36. The fourth-order valence-electron chi connectivity index (χ4n) is 2.36. The van der Waals surface area contributed by atoms with Crippen LogP contribution in [0.4, 0.5) is 0 Å². The second-order valence-electron chi connectivity index (χ2n) is 5.46. The molecule has 1 aromatic rings. The molecule has 0 saturated heterocycles. The van der Waals surface area contributed by atoms with Crippen LogP contribution in [0, 0.1) is 0 Å². The molecule has 0 fully saturated rings. The lowest BCUT2D eigenvalue weighted by molar-refractivity contribution is 0.0205. The topological polar surface area (TPSA) is 39.1 Å². The summed E-state index contributed by atoms with van der Waals surface area (Å²) in [5.74, 6) is 0. The van der Waals surface area contributed by atoms with Crippen LogP contribution in [-0.4, -0.2) is 29.0 Å². The summed E-state index contributed by atoms with van der Waals surface area (Å²) in [7, 11) is 3.79. The van der Waals surface area contributed by atoms with Crippen molar-refractivity contribution in [2.45, 2.75) is 44.8 Å². The third kappa shape index (κ3) is 2.69. The lowest BCUT2D eigenvalue weighted by atomic mass is 9.92. The highest BCUT2D eigenvalue weighted by atomic mass is 16.5. The van der Waals surface area contributed by atoms with E-state index in [0.717, 1.165) is 13.0 Å². The summed E-state index contributed by atoms with van der Waals surface area (Å²) in [4.78, 5) is 0. The highest BCUT2D eigenvalue weighted by Gasteiger charge is 2.25. The van der Waals surface area contributed by atoms with Crippen LogP contribution in [-0.2, 0) is 18.2 Å². The highest BCUT2D eigenvalue weighted by molar-refractivity contribution is 5.24. The van der Waals surface area contributed by atoms with E-state index in [0.29, 0.717) is 6.04 Å². The van der Waals surface area contributed by atoms with Crippen molar-refractivity contribution in [3.63, 3.8) is 0 Å². The number of nitrogens with zero attached hydrogens (tertiary/aromatic N) is 2. The second kappa shape index (κ2) is 4.78. The van der Waals surface area contributed by atoms with Gasteiger partial charge in [-0.05, 0) is 33.1 Å². The van der Waals surface area contributed by atoms with Gasteiger partial charge < -0.3 is 10.1 Å². The Kier molecular flexibility index (Phi) is 3.54. The van der Waals surface area contributed by atoms with E-state index in [4.69, 9.17) is 4.74 Å². The monoisotopic (exact) mass is 237 g/mol. The van der Waals surface area contributed by atoms with E-state index < -0.39 is 0 Å². The molecule has 4 heteroatoms. The summed E-state index contributed by atoms with van der Waals surface area (Å²) < 4.78 is 7.44. The maximum Gasteiger partial charge on any atom is 0.0746 e. The van der Waals surface area contributed by atoms with Gasteiger partial charge in [-0.3, -0.25) is 4.68 Å². The molecular formula is C13H23N3O. The third-order valence-corrected chi connectivity index (χ3v) is 3.70. The molecule has 2 rings (SSSR count). The number of ether oxygens (including phenoxy) is 1. The Morgan fingerprint density at radius 2 is 2.35 bits per heavy atom. The summed E-state index contributed by atoms with van der Waals surface area (Å²) >= 11 is 0. The first-order valence-electron chi connectivity index (χ1n) is 6.33. The average Bonchev–Trinajstić information content (AvgIpc) is 2.70. The minimum Gasteiger partial charge on any atom is -0.377 e. The number of aromatic nitrogens is 2. The Bertz CT molecular complexity index is 384. The van der Waals surface area contributed by atoms with Crippen LogP contribution in [0.25, 0.3) is 0 Å². The molecule has 1 unspecified atom stereocenters. The number of rotatable bonds is 4. The molecule has 0 aliphatic heterocycles. The zero-order valence-electron chi connectivity index (χ0n) is 11.3. The van der Waals surface area contributed by atoms with Crippen molar-refractivity contribution in [1.82, 2.24) is 15.1 Å². The van der Waals surface area contributed by atoms with Gasteiger partial charge in [0, 0.05) is 38.0 Å². The van der Waals surface area contributed by atoms with Gasteiger partial charge in [-0.1, -0.05) is 0 Å². The Hall–Kier alpha value is -0.870. The van der Waals surface area contributed by atoms with Crippen LogP contribution in [0.2, 0.25) is 0 Å². The Balaban J connectivity index is 2.04. The van der Waals surface area contributed by atoms with Crippen LogP contribution in [0.5, 0.6) is 0 Å². The minimum atomic E-state index is -0.111. The first-order chi connectivity index (χ1) is 8.03. The number of hydrogen-bond donors (Lipinski definition) is 1. The van der Waals surface area contributed by atoms with Crippen LogP contribution < -0.4 is 5.32 Å². The zero-order valence-corrected chi connectivity index (χ0v) is 11.3. The maximum atomic E-state index is 5.44. The number of fused-ring (bicyclic) bond motifs is 1. The fraction of sp³-hybridized carbons (Fsp3) is 0.769.